The van der Waals surface area contributed by atoms with Crippen molar-refractivity contribution < 1.29 is 13.5 Å². The largest absolute Gasteiger partial charge is 0.362 e. The first kappa shape index (κ1) is 22.2. The molecule has 1 heterocycles. The normalized spacial score (nSPS) is 16.8. The number of halogens is 2. The molecule has 0 aromatic heterocycles. The number of hydrogen-bond acceptors (Lipinski definition) is 1. The molecule has 0 aliphatic carbocycles. The number of hydrogen-bond donors (Lipinski definition) is 0. The van der Waals surface area contributed by atoms with E-state index in [1.165, 1.54) is 24.3 Å². The van der Waals surface area contributed by atoms with Crippen LogP contribution in [-0.4, -0.2) is 6.10 Å². The second-order valence-corrected chi connectivity index (χ2v) is 8.70. The standard InChI is InChI=1S/C31H26F2O/c32-27-15-11-23(12-16-27)30(24-13-17-28(33)18-14-24)20-19-29-21-22-31(34-29,25-7-3-1-4-8-25)26-9-5-2-6-10-26/h1-18,20,29H,19,21-22H2/t29-/m1/s1. The minimum Gasteiger partial charge on any atom is -0.362 e. The molecule has 170 valence electrons. The van der Waals surface area contributed by atoms with Crippen LogP contribution in [0.5, 0.6) is 0 Å². The van der Waals surface area contributed by atoms with E-state index in [-0.39, 0.29) is 17.7 Å². The van der Waals surface area contributed by atoms with Crippen molar-refractivity contribution in [1.82, 2.24) is 0 Å². The van der Waals surface area contributed by atoms with E-state index in [4.69, 9.17) is 4.74 Å². The first-order valence-corrected chi connectivity index (χ1v) is 11.6. The van der Waals surface area contributed by atoms with Gasteiger partial charge in [-0.2, -0.15) is 0 Å². The second-order valence-electron chi connectivity index (χ2n) is 8.70. The van der Waals surface area contributed by atoms with Gasteiger partial charge in [-0.25, -0.2) is 8.78 Å². The minimum atomic E-state index is -0.479. The van der Waals surface area contributed by atoms with Gasteiger partial charge in [-0.05, 0) is 71.4 Å². The van der Waals surface area contributed by atoms with Gasteiger partial charge in [0.05, 0.1) is 6.10 Å². The Labute approximate surface area is 199 Å². The maximum atomic E-state index is 13.6. The van der Waals surface area contributed by atoms with Gasteiger partial charge in [0.2, 0.25) is 0 Å². The Hall–Kier alpha value is -3.56. The lowest BCUT2D eigenvalue weighted by Crippen LogP contribution is -2.28. The molecular formula is C31H26F2O. The predicted octanol–water partition coefficient (Wildman–Crippen LogP) is 7.91. The summed E-state index contributed by atoms with van der Waals surface area (Å²) in [4.78, 5) is 0. The monoisotopic (exact) mass is 452 g/mol. The Balaban J connectivity index is 1.46. The molecule has 0 radical (unpaired) electrons. The maximum absolute atomic E-state index is 13.6. The number of benzene rings is 4. The molecule has 34 heavy (non-hydrogen) atoms. The maximum Gasteiger partial charge on any atom is 0.123 e. The van der Waals surface area contributed by atoms with Gasteiger partial charge in [0.15, 0.2) is 0 Å². The highest BCUT2D eigenvalue weighted by Crippen LogP contribution is 2.45. The molecule has 5 rings (SSSR count). The molecule has 0 unspecified atom stereocenters. The summed E-state index contributed by atoms with van der Waals surface area (Å²) in [5.41, 5.74) is 4.56. The Morgan fingerprint density at radius 2 is 1.18 bits per heavy atom. The van der Waals surface area contributed by atoms with E-state index in [1.54, 1.807) is 24.3 Å². The third-order valence-electron chi connectivity index (χ3n) is 6.56. The zero-order chi connectivity index (χ0) is 23.4. The lowest BCUT2D eigenvalue weighted by Gasteiger charge is -2.31. The van der Waals surface area contributed by atoms with Crippen LogP contribution in [0.2, 0.25) is 0 Å². The van der Waals surface area contributed by atoms with Crippen molar-refractivity contribution in [1.29, 1.82) is 0 Å². The Kier molecular flexibility index (Phi) is 6.37. The topological polar surface area (TPSA) is 9.23 Å². The molecule has 1 atom stereocenters. The van der Waals surface area contributed by atoms with Gasteiger partial charge in [0.25, 0.3) is 0 Å². The molecule has 0 amide bonds. The van der Waals surface area contributed by atoms with Crippen molar-refractivity contribution in [2.45, 2.75) is 31.0 Å². The highest BCUT2D eigenvalue weighted by Gasteiger charge is 2.42. The molecule has 0 bridgehead atoms. The fourth-order valence-electron chi connectivity index (χ4n) is 4.85. The molecule has 1 saturated heterocycles. The minimum absolute atomic E-state index is 0.0244. The number of rotatable bonds is 6. The summed E-state index contributed by atoms with van der Waals surface area (Å²) in [5.74, 6) is -0.561. The van der Waals surface area contributed by atoms with Crippen molar-refractivity contribution in [3.05, 3.63) is 149 Å². The van der Waals surface area contributed by atoms with Gasteiger partial charge in [-0.15, -0.1) is 0 Å². The third kappa shape index (κ3) is 4.57. The summed E-state index contributed by atoms with van der Waals surface area (Å²) < 4.78 is 33.9. The van der Waals surface area contributed by atoms with Crippen LogP contribution in [0.25, 0.3) is 5.57 Å². The fourth-order valence-corrected chi connectivity index (χ4v) is 4.85. The summed E-state index contributed by atoms with van der Waals surface area (Å²) in [5, 5.41) is 0. The van der Waals surface area contributed by atoms with E-state index in [0.29, 0.717) is 6.42 Å². The molecule has 0 N–H and O–H groups in total. The Morgan fingerprint density at radius 1 is 0.706 bits per heavy atom. The summed E-state index contributed by atoms with van der Waals surface area (Å²) >= 11 is 0. The Morgan fingerprint density at radius 3 is 1.65 bits per heavy atom. The van der Waals surface area contributed by atoms with E-state index in [1.807, 2.05) is 12.1 Å². The molecule has 0 saturated carbocycles. The van der Waals surface area contributed by atoms with Gasteiger partial charge >= 0.3 is 0 Å². The lowest BCUT2D eigenvalue weighted by atomic mass is 9.84. The molecular weight excluding hydrogens is 426 g/mol. The average Bonchev–Trinajstić information content (AvgIpc) is 3.33. The zero-order valence-electron chi connectivity index (χ0n) is 18.8. The summed E-state index contributed by atoms with van der Waals surface area (Å²) in [6.45, 7) is 0. The Bertz CT molecular complexity index is 1160. The smallest absolute Gasteiger partial charge is 0.123 e. The van der Waals surface area contributed by atoms with E-state index < -0.39 is 5.60 Å². The van der Waals surface area contributed by atoms with Crippen LogP contribution in [0.4, 0.5) is 8.78 Å². The molecule has 3 heteroatoms. The number of ether oxygens (including phenoxy) is 1. The first-order chi connectivity index (χ1) is 16.6. The predicted molar refractivity (Wildman–Crippen MR) is 132 cm³/mol. The fraction of sp³-hybridized carbons (Fsp3) is 0.161. The molecule has 1 fully saturated rings. The van der Waals surface area contributed by atoms with Crippen LogP contribution >= 0.6 is 0 Å². The van der Waals surface area contributed by atoms with Gasteiger partial charge in [0.1, 0.15) is 17.2 Å². The summed E-state index contributed by atoms with van der Waals surface area (Å²) in [7, 11) is 0. The van der Waals surface area contributed by atoms with Crippen LogP contribution in [0, 0.1) is 11.6 Å². The van der Waals surface area contributed by atoms with Crippen molar-refractivity contribution in [2.75, 3.05) is 0 Å². The third-order valence-corrected chi connectivity index (χ3v) is 6.56. The molecule has 0 spiro atoms. The van der Waals surface area contributed by atoms with Gasteiger partial charge in [-0.1, -0.05) is 91.0 Å². The van der Waals surface area contributed by atoms with Gasteiger partial charge in [0, 0.05) is 0 Å². The average molecular weight is 453 g/mol. The summed E-state index contributed by atoms with van der Waals surface area (Å²) in [6.07, 6.45) is 4.67. The van der Waals surface area contributed by atoms with Crippen LogP contribution in [0.3, 0.4) is 0 Å². The van der Waals surface area contributed by atoms with Crippen molar-refractivity contribution >= 4 is 5.57 Å². The van der Waals surface area contributed by atoms with E-state index in [2.05, 4.69) is 54.6 Å². The van der Waals surface area contributed by atoms with Crippen molar-refractivity contribution in [2.24, 2.45) is 0 Å². The molecule has 1 aliphatic heterocycles. The van der Waals surface area contributed by atoms with Gasteiger partial charge in [-0.3, -0.25) is 0 Å². The van der Waals surface area contributed by atoms with E-state index in [9.17, 15) is 8.78 Å². The molecule has 4 aromatic carbocycles. The zero-order valence-corrected chi connectivity index (χ0v) is 18.8. The van der Waals surface area contributed by atoms with Crippen LogP contribution in [0.1, 0.15) is 41.5 Å². The lowest BCUT2D eigenvalue weighted by molar-refractivity contribution is -0.0148. The van der Waals surface area contributed by atoms with Crippen LogP contribution < -0.4 is 0 Å². The van der Waals surface area contributed by atoms with Gasteiger partial charge < -0.3 is 4.74 Å². The quantitative estimate of drug-likeness (QED) is 0.289. The first-order valence-electron chi connectivity index (χ1n) is 11.6. The highest BCUT2D eigenvalue weighted by molar-refractivity contribution is 5.79. The van der Waals surface area contributed by atoms with E-state index >= 15 is 0 Å². The molecule has 1 aliphatic rings. The highest BCUT2D eigenvalue weighted by atomic mass is 19.1. The molecule has 1 nitrogen and oxygen atoms in total. The van der Waals surface area contributed by atoms with Crippen LogP contribution in [-0.2, 0) is 10.3 Å². The SMILES string of the molecule is Fc1ccc(C(=CC[C@@H]2CCC(c3ccccc3)(c3ccccc3)O2)c2ccc(F)cc2)cc1. The second kappa shape index (κ2) is 9.74. The van der Waals surface area contributed by atoms with Crippen molar-refractivity contribution in [3.63, 3.8) is 0 Å². The van der Waals surface area contributed by atoms with E-state index in [0.717, 1.165) is 40.7 Å². The summed E-state index contributed by atoms with van der Waals surface area (Å²) in [6, 6.07) is 33.7. The van der Waals surface area contributed by atoms with Crippen molar-refractivity contribution in [3.8, 4) is 0 Å². The van der Waals surface area contributed by atoms with Crippen LogP contribution in [0.15, 0.2) is 115 Å². The molecule has 4 aromatic rings.